The van der Waals surface area contributed by atoms with Crippen LogP contribution in [0.1, 0.15) is 32.1 Å². The highest BCUT2D eigenvalue weighted by Gasteiger charge is 2.24. The van der Waals surface area contributed by atoms with Crippen molar-refractivity contribution in [2.45, 2.75) is 43.1 Å². The number of aromatic nitrogens is 2. The third-order valence-corrected chi connectivity index (χ3v) is 9.19. The van der Waals surface area contributed by atoms with E-state index in [1.54, 1.807) is 11.8 Å². The molecule has 1 unspecified atom stereocenters. The fourth-order valence-electron chi connectivity index (χ4n) is 5.92. The van der Waals surface area contributed by atoms with Gasteiger partial charge in [0, 0.05) is 69.1 Å². The van der Waals surface area contributed by atoms with E-state index in [1.165, 1.54) is 41.4 Å². The molecule has 7 nitrogen and oxygen atoms in total. The predicted molar refractivity (Wildman–Crippen MR) is 159 cm³/mol. The maximum atomic E-state index is 10.9. The maximum absolute atomic E-state index is 10.9. The Morgan fingerprint density at radius 1 is 0.684 bits per heavy atom. The van der Waals surface area contributed by atoms with Gasteiger partial charge in [0.05, 0.1) is 6.10 Å². The number of aliphatic hydroxyl groups is 1. The summed E-state index contributed by atoms with van der Waals surface area (Å²) >= 11 is 1.75. The fraction of sp³-hybridized carbons (Fsp3) is 0.533. The molecule has 0 aliphatic carbocycles. The minimum atomic E-state index is -0.347. The number of aliphatic hydroxyl groups excluding tert-OH is 1. The van der Waals surface area contributed by atoms with Crippen LogP contribution in [0.5, 0.6) is 0 Å². The molecule has 3 saturated heterocycles. The lowest BCUT2D eigenvalue weighted by Crippen LogP contribution is -2.37. The first-order valence-corrected chi connectivity index (χ1v) is 15.4. The Morgan fingerprint density at radius 2 is 1.34 bits per heavy atom. The van der Waals surface area contributed by atoms with E-state index < -0.39 is 0 Å². The lowest BCUT2D eigenvalue weighted by atomic mass is 10.1. The minimum absolute atomic E-state index is 0.347. The molecule has 0 amide bonds. The van der Waals surface area contributed by atoms with E-state index in [1.807, 2.05) is 0 Å². The summed E-state index contributed by atoms with van der Waals surface area (Å²) in [6.45, 7) is 8.91. The summed E-state index contributed by atoms with van der Waals surface area (Å²) in [6, 6.07) is 17.2. The summed E-state index contributed by atoms with van der Waals surface area (Å²) < 4.78 is 0. The zero-order chi connectivity index (χ0) is 25.7. The average Bonchev–Trinajstić information content (AvgIpc) is 3.64. The second kappa shape index (κ2) is 12.1. The molecule has 1 N–H and O–H groups in total. The lowest BCUT2D eigenvalue weighted by Gasteiger charge is -2.27. The third kappa shape index (κ3) is 6.19. The molecule has 202 valence electrons. The monoisotopic (exact) mass is 532 g/mol. The van der Waals surface area contributed by atoms with Crippen molar-refractivity contribution in [1.82, 2.24) is 14.9 Å². The quantitative estimate of drug-likeness (QED) is 0.426. The van der Waals surface area contributed by atoms with Gasteiger partial charge < -0.3 is 19.8 Å². The summed E-state index contributed by atoms with van der Waals surface area (Å²) in [6.07, 6.45) is 5.68. The van der Waals surface area contributed by atoms with Crippen LogP contribution in [0.4, 0.5) is 17.6 Å². The van der Waals surface area contributed by atoms with Crippen molar-refractivity contribution >= 4 is 40.1 Å². The summed E-state index contributed by atoms with van der Waals surface area (Å²) in [5.41, 5.74) is 0. The van der Waals surface area contributed by atoms with Crippen molar-refractivity contribution in [3.05, 3.63) is 48.5 Å². The molecular weight excluding hydrogens is 492 g/mol. The minimum Gasteiger partial charge on any atom is -0.391 e. The topological polar surface area (TPSA) is 59.0 Å². The Hall–Kier alpha value is -2.55. The van der Waals surface area contributed by atoms with Crippen molar-refractivity contribution in [3.63, 3.8) is 0 Å². The Balaban J connectivity index is 1.06. The molecule has 2 aromatic carbocycles. The summed E-state index contributed by atoms with van der Waals surface area (Å²) in [7, 11) is 0. The number of thioether (sulfide) groups is 1. The van der Waals surface area contributed by atoms with Crippen LogP contribution in [0.25, 0.3) is 10.8 Å². The largest absolute Gasteiger partial charge is 0.391 e. The molecular formula is C30H40N6OS. The van der Waals surface area contributed by atoms with Gasteiger partial charge in [0.15, 0.2) is 0 Å². The van der Waals surface area contributed by atoms with Crippen molar-refractivity contribution in [2.24, 2.45) is 0 Å². The fourth-order valence-corrected chi connectivity index (χ4v) is 6.79. The second-order valence-electron chi connectivity index (χ2n) is 10.9. The number of nitrogens with zero attached hydrogens (tertiary/aromatic N) is 6. The van der Waals surface area contributed by atoms with Crippen LogP contribution in [0.3, 0.4) is 0 Å². The number of β-amino-alcohol motifs (C(OH)–C–C–N with tert-alkyl or cyclic N) is 1. The van der Waals surface area contributed by atoms with E-state index in [-0.39, 0.29) is 6.10 Å². The molecule has 1 atom stereocenters. The van der Waals surface area contributed by atoms with Gasteiger partial charge in [-0.2, -0.15) is 9.97 Å². The van der Waals surface area contributed by atoms with Crippen molar-refractivity contribution in [1.29, 1.82) is 0 Å². The van der Waals surface area contributed by atoms with Crippen LogP contribution >= 0.6 is 11.8 Å². The second-order valence-corrected chi connectivity index (χ2v) is 12.0. The highest BCUT2D eigenvalue weighted by Crippen LogP contribution is 2.28. The van der Waals surface area contributed by atoms with Gasteiger partial charge in [0.1, 0.15) is 11.6 Å². The molecule has 1 aromatic heterocycles. The van der Waals surface area contributed by atoms with Gasteiger partial charge in [-0.1, -0.05) is 30.3 Å². The molecule has 0 radical (unpaired) electrons. The number of rotatable bonds is 8. The average molecular weight is 533 g/mol. The summed E-state index contributed by atoms with van der Waals surface area (Å²) in [5, 5.41) is 13.4. The molecule has 3 fully saturated rings. The van der Waals surface area contributed by atoms with E-state index in [2.05, 4.69) is 68.1 Å². The highest BCUT2D eigenvalue weighted by atomic mass is 32.2. The molecule has 0 spiro atoms. The molecule has 0 saturated carbocycles. The molecule has 6 rings (SSSR count). The number of hydrogen-bond donors (Lipinski definition) is 1. The normalized spacial score (nSPS) is 19.9. The zero-order valence-corrected chi connectivity index (χ0v) is 23.2. The Labute approximate surface area is 230 Å². The number of hydrogen-bond acceptors (Lipinski definition) is 8. The Kier molecular flexibility index (Phi) is 8.19. The van der Waals surface area contributed by atoms with Crippen LogP contribution in [0.15, 0.2) is 53.4 Å². The zero-order valence-electron chi connectivity index (χ0n) is 22.3. The van der Waals surface area contributed by atoms with Gasteiger partial charge in [-0.15, -0.1) is 11.8 Å². The number of benzene rings is 2. The Morgan fingerprint density at radius 3 is 2.11 bits per heavy atom. The van der Waals surface area contributed by atoms with Crippen LogP contribution in [-0.2, 0) is 0 Å². The molecule has 38 heavy (non-hydrogen) atoms. The predicted octanol–water partition coefficient (Wildman–Crippen LogP) is 4.50. The van der Waals surface area contributed by atoms with Gasteiger partial charge in [-0.3, -0.25) is 4.90 Å². The maximum Gasteiger partial charge on any atom is 0.229 e. The van der Waals surface area contributed by atoms with Crippen LogP contribution < -0.4 is 14.7 Å². The standard InChI is InChI=1S/C30H40N6OS/c37-26(23-38-27-11-10-24-8-1-2-9-25(24)20-27)22-33-12-7-17-35(19-18-33)29-21-28(34-13-3-4-14-34)31-30(32-29)36-15-5-6-16-36/h1-2,8-11,20-21,26,37H,3-7,12-19,22-23H2. The van der Waals surface area contributed by atoms with E-state index in [0.717, 1.165) is 82.9 Å². The molecule has 4 heterocycles. The third-order valence-electron chi connectivity index (χ3n) is 8.05. The van der Waals surface area contributed by atoms with Gasteiger partial charge in [-0.25, -0.2) is 0 Å². The van der Waals surface area contributed by atoms with Crippen LogP contribution in [0.2, 0.25) is 0 Å². The van der Waals surface area contributed by atoms with Gasteiger partial charge in [0.25, 0.3) is 0 Å². The van der Waals surface area contributed by atoms with E-state index in [9.17, 15) is 5.11 Å². The van der Waals surface area contributed by atoms with Crippen LogP contribution in [-0.4, -0.2) is 90.7 Å². The first-order chi connectivity index (χ1) is 18.7. The number of fused-ring (bicyclic) bond motifs is 1. The molecule has 0 bridgehead atoms. The molecule has 3 aliphatic rings. The van der Waals surface area contributed by atoms with Crippen molar-refractivity contribution < 1.29 is 5.11 Å². The first kappa shape index (κ1) is 25.7. The molecule has 8 heteroatoms. The van der Waals surface area contributed by atoms with E-state index in [0.29, 0.717) is 5.75 Å². The van der Waals surface area contributed by atoms with Crippen molar-refractivity contribution in [2.75, 3.05) is 79.4 Å². The van der Waals surface area contributed by atoms with Gasteiger partial charge >= 0.3 is 0 Å². The molecule has 3 aliphatic heterocycles. The lowest BCUT2D eigenvalue weighted by molar-refractivity contribution is 0.134. The van der Waals surface area contributed by atoms with Crippen LogP contribution in [0, 0.1) is 0 Å². The van der Waals surface area contributed by atoms with E-state index >= 15 is 0 Å². The van der Waals surface area contributed by atoms with Gasteiger partial charge in [0.2, 0.25) is 5.95 Å². The Bertz CT molecular complexity index is 1180. The smallest absolute Gasteiger partial charge is 0.229 e. The number of anilines is 3. The summed E-state index contributed by atoms with van der Waals surface area (Å²) in [4.78, 5) is 20.9. The van der Waals surface area contributed by atoms with Gasteiger partial charge in [-0.05, 0) is 61.6 Å². The highest BCUT2D eigenvalue weighted by molar-refractivity contribution is 7.99. The SMILES string of the molecule is OC(CSc1ccc2ccccc2c1)CN1CCCN(c2cc(N3CCCC3)nc(N3CCCC3)n2)CC1. The summed E-state index contributed by atoms with van der Waals surface area (Å²) in [5.74, 6) is 3.78. The first-order valence-electron chi connectivity index (χ1n) is 14.4. The van der Waals surface area contributed by atoms with E-state index in [4.69, 9.17) is 9.97 Å². The van der Waals surface area contributed by atoms with Crippen molar-refractivity contribution in [3.8, 4) is 0 Å². The molecule has 3 aromatic rings.